The van der Waals surface area contributed by atoms with Crippen LogP contribution in [0.25, 0.3) is 0 Å². The van der Waals surface area contributed by atoms with E-state index >= 15 is 0 Å². The van der Waals surface area contributed by atoms with Gasteiger partial charge in [-0.25, -0.2) is 0 Å². The lowest BCUT2D eigenvalue weighted by atomic mass is 10.1. The highest BCUT2D eigenvalue weighted by Crippen LogP contribution is 2.24. The van der Waals surface area contributed by atoms with Gasteiger partial charge in [-0.1, -0.05) is 5.16 Å². The summed E-state index contributed by atoms with van der Waals surface area (Å²) in [7, 11) is 1.47. The second-order valence-electron chi connectivity index (χ2n) is 3.79. The molecule has 0 aromatic heterocycles. The molecule has 0 radical (unpaired) electrons. The molecule has 0 saturated carbocycles. The molecule has 1 aromatic rings. The molecule has 0 spiro atoms. The number of aromatic hydroxyl groups is 1. The predicted molar refractivity (Wildman–Crippen MR) is 69.6 cm³/mol. The van der Waals surface area contributed by atoms with Crippen molar-refractivity contribution < 1.29 is 19.8 Å². The highest BCUT2D eigenvalue weighted by atomic mass is 16.5. The Morgan fingerprint density at radius 1 is 1.53 bits per heavy atom. The van der Waals surface area contributed by atoms with Gasteiger partial charge in [-0.05, 0) is 25.1 Å². The van der Waals surface area contributed by atoms with Gasteiger partial charge in [0.05, 0.1) is 19.2 Å². The van der Waals surface area contributed by atoms with Crippen molar-refractivity contribution in [2.45, 2.75) is 6.92 Å². The number of oxime groups is 1. The zero-order chi connectivity index (χ0) is 14.4. The van der Waals surface area contributed by atoms with Gasteiger partial charge in [0.25, 0.3) is 5.91 Å². The number of carbonyl (C=O) groups is 1. The minimum Gasteiger partial charge on any atom is -0.507 e. The summed E-state index contributed by atoms with van der Waals surface area (Å²) in [4.78, 5) is 13.6. The monoisotopic (exact) mass is 267 g/mol. The van der Waals surface area contributed by atoms with E-state index < -0.39 is 5.91 Å². The lowest BCUT2D eigenvalue weighted by Gasteiger charge is -2.20. The SMILES string of the molecule is CCN(CC(N)=NO)C(=O)c1cc(OC)ccc1O. The van der Waals surface area contributed by atoms with Crippen LogP contribution in [0.5, 0.6) is 11.5 Å². The summed E-state index contributed by atoms with van der Waals surface area (Å²) >= 11 is 0. The van der Waals surface area contributed by atoms with Crippen LogP contribution in [-0.4, -0.2) is 47.2 Å². The van der Waals surface area contributed by atoms with Crippen LogP contribution in [0.1, 0.15) is 17.3 Å². The highest BCUT2D eigenvalue weighted by Gasteiger charge is 2.19. The van der Waals surface area contributed by atoms with Crippen LogP contribution in [0.15, 0.2) is 23.4 Å². The minimum atomic E-state index is -0.425. The van der Waals surface area contributed by atoms with Gasteiger partial charge in [-0.15, -0.1) is 0 Å². The lowest BCUT2D eigenvalue weighted by molar-refractivity contribution is 0.0783. The number of amidine groups is 1. The topological polar surface area (TPSA) is 108 Å². The number of nitrogens with two attached hydrogens (primary N) is 1. The smallest absolute Gasteiger partial charge is 0.258 e. The first-order chi connectivity index (χ1) is 9.03. The van der Waals surface area contributed by atoms with E-state index in [0.29, 0.717) is 12.3 Å². The first-order valence-electron chi connectivity index (χ1n) is 5.66. The summed E-state index contributed by atoms with van der Waals surface area (Å²) in [6.45, 7) is 2.08. The third-order valence-electron chi connectivity index (χ3n) is 2.58. The Balaban J connectivity index is 3.03. The molecule has 4 N–H and O–H groups in total. The number of nitrogens with zero attached hydrogens (tertiary/aromatic N) is 2. The number of benzene rings is 1. The van der Waals surface area contributed by atoms with Crippen LogP contribution < -0.4 is 10.5 Å². The van der Waals surface area contributed by atoms with Crippen LogP contribution >= 0.6 is 0 Å². The molecule has 0 heterocycles. The normalized spacial score (nSPS) is 11.2. The fourth-order valence-corrected chi connectivity index (χ4v) is 1.54. The summed E-state index contributed by atoms with van der Waals surface area (Å²) < 4.78 is 5.01. The molecule has 0 saturated heterocycles. The number of phenols is 1. The third kappa shape index (κ3) is 3.51. The second-order valence-corrected chi connectivity index (χ2v) is 3.79. The molecule has 0 aliphatic rings. The zero-order valence-corrected chi connectivity index (χ0v) is 10.8. The molecule has 104 valence electrons. The van der Waals surface area contributed by atoms with Crippen LogP contribution in [0.4, 0.5) is 0 Å². The first kappa shape index (κ1) is 14.6. The van der Waals surface area contributed by atoms with Gasteiger partial charge in [-0.3, -0.25) is 4.79 Å². The van der Waals surface area contributed by atoms with E-state index in [-0.39, 0.29) is 23.7 Å². The van der Waals surface area contributed by atoms with Gasteiger partial charge in [0.1, 0.15) is 11.5 Å². The summed E-state index contributed by atoms with van der Waals surface area (Å²) in [6.07, 6.45) is 0. The molecule has 0 aliphatic heterocycles. The largest absolute Gasteiger partial charge is 0.507 e. The van der Waals surface area contributed by atoms with Gasteiger partial charge in [0.15, 0.2) is 5.84 Å². The molecule has 1 amide bonds. The maximum absolute atomic E-state index is 12.2. The maximum atomic E-state index is 12.2. The van der Waals surface area contributed by atoms with Crippen molar-refractivity contribution in [2.24, 2.45) is 10.9 Å². The van der Waals surface area contributed by atoms with Gasteiger partial charge in [0, 0.05) is 6.54 Å². The number of hydrogen-bond acceptors (Lipinski definition) is 5. The summed E-state index contributed by atoms with van der Waals surface area (Å²) in [5.41, 5.74) is 5.48. The first-order valence-corrected chi connectivity index (χ1v) is 5.66. The zero-order valence-electron chi connectivity index (χ0n) is 10.8. The number of ether oxygens (including phenoxy) is 1. The van der Waals surface area contributed by atoms with Gasteiger partial charge >= 0.3 is 0 Å². The molecule has 0 atom stereocenters. The molecule has 1 rings (SSSR count). The molecule has 0 fully saturated rings. The van der Waals surface area contributed by atoms with E-state index in [2.05, 4.69) is 5.16 Å². The van der Waals surface area contributed by atoms with Crippen LogP contribution in [-0.2, 0) is 0 Å². The van der Waals surface area contributed by atoms with E-state index in [0.717, 1.165) is 0 Å². The van der Waals surface area contributed by atoms with Crippen molar-refractivity contribution >= 4 is 11.7 Å². The van der Waals surface area contributed by atoms with E-state index in [4.69, 9.17) is 15.7 Å². The quantitative estimate of drug-likeness (QED) is 0.313. The summed E-state index contributed by atoms with van der Waals surface area (Å²) in [5, 5.41) is 21.1. The van der Waals surface area contributed by atoms with E-state index in [1.165, 1.54) is 24.1 Å². The standard InChI is InChI=1S/C12H17N3O4/c1-3-15(7-11(13)14-18)12(17)9-6-8(19-2)4-5-10(9)16/h4-6,16,18H,3,7H2,1-2H3,(H2,13,14). The second kappa shape index (κ2) is 6.48. The van der Waals surface area contributed by atoms with Crippen molar-refractivity contribution in [1.29, 1.82) is 0 Å². The van der Waals surface area contributed by atoms with Gasteiger partial charge in [-0.2, -0.15) is 0 Å². The Labute approximate surface area is 110 Å². The number of methoxy groups -OCH3 is 1. The molecular formula is C12H17N3O4. The van der Waals surface area contributed by atoms with Crippen LogP contribution in [0.3, 0.4) is 0 Å². The van der Waals surface area contributed by atoms with E-state index in [1.807, 2.05) is 0 Å². The number of likely N-dealkylation sites (N-methyl/N-ethyl adjacent to an activating group) is 1. The van der Waals surface area contributed by atoms with Crippen molar-refractivity contribution in [3.8, 4) is 11.5 Å². The molecule has 7 heteroatoms. The van der Waals surface area contributed by atoms with Crippen molar-refractivity contribution in [1.82, 2.24) is 4.90 Å². The average Bonchev–Trinajstić information content (AvgIpc) is 2.44. The fraction of sp³-hybridized carbons (Fsp3) is 0.333. The number of carbonyl (C=O) groups excluding carboxylic acids is 1. The molecule has 0 unspecified atom stereocenters. The number of phenolic OH excluding ortho intramolecular Hbond substituents is 1. The Bertz CT molecular complexity index is 488. The van der Waals surface area contributed by atoms with Gasteiger partial charge < -0.3 is 25.7 Å². The molecular weight excluding hydrogens is 250 g/mol. The van der Waals surface area contributed by atoms with Crippen molar-refractivity contribution in [3.05, 3.63) is 23.8 Å². The Morgan fingerprint density at radius 2 is 2.21 bits per heavy atom. The Morgan fingerprint density at radius 3 is 2.74 bits per heavy atom. The van der Waals surface area contributed by atoms with E-state index in [9.17, 15) is 9.90 Å². The maximum Gasteiger partial charge on any atom is 0.258 e. The van der Waals surface area contributed by atoms with E-state index in [1.54, 1.807) is 13.0 Å². The third-order valence-corrected chi connectivity index (χ3v) is 2.58. The summed E-state index contributed by atoms with van der Waals surface area (Å²) in [6, 6.07) is 4.36. The predicted octanol–water partition coefficient (Wildman–Crippen LogP) is 0.609. The number of amides is 1. The van der Waals surface area contributed by atoms with Crippen LogP contribution in [0, 0.1) is 0 Å². The highest BCUT2D eigenvalue weighted by molar-refractivity contribution is 5.99. The molecule has 1 aromatic carbocycles. The molecule has 19 heavy (non-hydrogen) atoms. The minimum absolute atomic E-state index is 0.0253. The Kier molecular flexibility index (Phi) is 4.99. The van der Waals surface area contributed by atoms with Crippen molar-refractivity contribution in [2.75, 3.05) is 20.2 Å². The molecule has 0 aliphatic carbocycles. The molecule has 0 bridgehead atoms. The van der Waals surface area contributed by atoms with Gasteiger partial charge in [0.2, 0.25) is 0 Å². The fourth-order valence-electron chi connectivity index (χ4n) is 1.54. The Hall–Kier alpha value is -2.44. The number of hydrogen-bond donors (Lipinski definition) is 3. The van der Waals surface area contributed by atoms with Crippen molar-refractivity contribution in [3.63, 3.8) is 0 Å². The number of rotatable bonds is 5. The van der Waals surface area contributed by atoms with Crippen LogP contribution in [0.2, 0.25) is 0 Å². The average molecular weight is 267 g/mol. The lowest BCUT2D eigenvalue weighted by Crippen LogP contribution is -2.38. The summed E-state index contributed by atoms with van der Waals surface area (Å²) in [5.74, 6) is -0.201. The molecule has 7 nitrogen and oxygen atoms in total.